The molecule has 30 heavy (non-hydrogen) atoms. The van der Waals surface area contributed by atoms with E-state index in [4.69, 9.17) is 4.74 Å². The predicted octanol–water partition coefficient (Wildman–Crippen LogP) is 2.69. The summed E-state index contributed by atoms with van der Waals surface area (Å²) in [7, 11) is 3.73. The van der Waals surface area contributed by atoms with Gasteiger partial charge in [0.2, 0.25) is 0 Å². The van der Waals surface area contributed by atoms with Crippen LogP contribution in [0.2, 0.25) is 0 Å². The van der Waals surface area contributed by atoms with Gasteiger partial charge in [0.15, 0.2) is 11.5 Å². The van der Waals surface area contributed by atoms with Crippen molar-refractivity contribution in [3.63, 3.8) is 0 Å². The van der Waals surface area contributed by atoms with Crippen LogP contribution in [-0.4, -0.2) is 70.1 Å². The Morgan fingerprint density at radius 2 is 2.03 bits per heavy atom. The van der Waals surface area contributed by atoms with E-state index in [0.29, 0.717) is 23.0 Å². The van der Waals surface area contributed by atoms with E-state index >= 15 is 0 Å². The molecule has 3 heterocycles. The van der Waals surface area contributed by atoms with Crippen LogP contribution in [0.15, 0.2) is 42.6 Å². The summed E-state index contributed by atoms with van der Waals surface area (Å²) >= 11 is 0. The third-order valence-electron chi connectivity index (χ3n) is 5.60. The first-order valence-corrected chi connectivity index (χ1v) is 10.2. The van der Waals surface area contributed by atoms with Gasteiger partial charge in [0.25, 0.3) is 5.91 Å². The molecule has 158 valence electrons. The van der Waals surface area contributed by atoms with Crippen molar-refractivity contribution in [3.05, 3.63) is 54.0 Å². The lowest BCUT2D eigenvalue weighted by Crippen LogP contribution is -2.50. The molecule has 1 atom stereocenters. The van der Waals surface area contributed by atoms with Crippen LogP contribution in [-0.2, 0) is 0 Å². The molecule has 1 aliphatic rings. The van der Waals surface area contributed by atoms with Gasteiger partial charge in [0.05, 0.1) is 18.7 Å². The Morgan fingerprint density at radius 1 is 1.20 bits per heavy atom. The Balaban J connectivity index is 1.64. The molecule has 1 amide bonds. The van der Waals surface area contributed by atoms with Crippen LogP contribution in [0.3, 0.4) is 0 Å². The average molecular weight is 409 g/mol. The molecular weight excluding hydrogens is 380 g/mol. The molecule has 0 aliphatic carbocycles. The number of benzene rings is 1. The van der Waals surface area contributed by atoms with Crippen LogP contribution in [0.25, 0.3) is 5.65 Å². The largest absolute Gasteiger partial charge is 0.497 e. The van der Waals surface area contributed by atoms with Crippen LogP contribution in [0.1, 0.15) is 36.1 Å². The molecule has 0 bridgehead atoms. The highest BCUT2D eigenvalue weighted by Gasteiger charge is 2.31. The normalized spacial score (nSPS) is 18.1. The fourth-order valence-corrected chi connectivity index (χ4v) is 3.96. The first-order chi connectivity index (χ1) is 14.5. The number of ether oxygens (including phenoxy) is 1. The SMILES string of the molecule is COc1cccc(NC(=O)c2ccc3nnc([C@H]4CN(C)CCN4C(C)C)n3c2)c1. The van der Waals surface area contributed by atoms with Crippen molar-refractivity contribution in [1.29, 1.82) is 0 Å². The summed E-state index contributed by atoms with van der Waals surface area (Å²) in [5, 5.41) is 11.8. The molecule has 0 unspecified atom stereocenters. The first-order valence-electron chi connectivity index (χ1n) is 10.2. The number of rotatable bonds is 5. The van der Waals surface area contributed by atoms with Gasteiger partial charge in [0.1, 0.15) is 5.75 Å². The number of methoxy groups -OCH3 is 1. The smallest absolute Gasteiger partial charge is 0.257 e. The summed E-state index contributed by atoms with van der Waals surface area (Å²) in [4.78, 5) is 17.6. The van der Waals surface area contributed by atoms with Gasteiger partial charge in [-0.15, -0.1) is 10.2 Å². The molecule has 0 saturated carbocycles. The van der Waals surface area contributed by atoms with Crippen molar-refractivity contribution in [2.75, 3.05) is 39.1 Å². The van der Waals surface area contributed by atoms with Gasteiger partial charge >= 0.3 is 0 Å². The van der Waals surface area contributed by atoms with Gasteiger partial charge in [0, 0.05) is 43.6 Å². The maximum atomic E-state index is 12.9. The first kappa shape index (κ1) is 20.3. The van der Waals surface area contributed by atoms with Crippen molar-refractivity contribution >= 4 is 17.2 Å². The number of hydrogen-bond donors (Lipinski definition) is 1. The number of anilines is 1. The third kappa shape index (κ3) is 4.01. The van der Waals surface area contributed by atoms with Crippen LogP contribution in [0, 0.1) is 0 Å². The predicted molar refractivity (Wildman–Crippen MR) is 116 cm³/mol. The highest BCUT2D eigenvalue weighted by Crippen LogP contribution is 2.26. The van der Waals surface area contributed by atoms with Crippen LogP contribution in [0.4, 0.5) is 5.69 Å². The van der Waals surface area contributed by atoms with Crippen molar-refractivity contribution in [1.82, 2.24) is 24.4 Å². The molecule has 1 aromatic carbocycles. The van der Waals surface area contributed by atoms with Crippen molar-refractivity contribution < 1.29 is 9.53 Å². The topological polar surface area (TPSA) is 75.0 Å². The van der Waals surface area contributed by atoms with E-state index in [9.17, 15) is 4.79 Å². The lowest BCUT2D eigenvalue weighted by molar-refractivity contribution is 0.0586. The van der Waals surface area contributed by atoms with E-state index in [1.807, 2.05) is 34.9 Å². The van der Waals surface area contributed by atoms with E-state index in [1.54, 1.807) is 19.2 Å². The summed E-state index contributed by atoms with van der Waals surface area (Å²) in [6.45, 7) is 7.28. The molecule has 1 N–H and O–H groups in total. The minimum Gasteiger partial charge on any atom is -0.497 e. The van der Waals surface area contributed by atoms with Gasteiger partial charge in [-0.25, -0.2) is 0 Å². The number of fused-ring (bicyclic) bond motifs is 1. The molecule has 1 saturated heterocycles. The monoisotopic (exact) mass is 408 g/mol. The minimum atomic E-state index is -0.189. The quantitative estimate of drug-likeness (QED) is 0.700. The number of nitrogens with zero attached hydrogens (tertiary/aromatic N) is 5. The number of aromatic nitrogens is 3. The van der Waals surface area contributed by atoms with Gasteiger partial charge in [-0.2, -0.15) is 0 Å². The Labute approximate surface area is 176 Å². The number of carbonyl (C=O) groups is 1. The molecule has 8 nitrogen and oxygen atoms in total. The molecule has 1 fully saturated rings. The number of nitrogens with one attached hydrogen (secondary N) is 1. The second-order valence-corrected chi connectivity index (χ2v) is 8.00. The minimum absolute atomic E-state index is 0.121. The molecule has 1 aliphatic heterocycles. The Bertz CT molecular complexity index is 1050. The van der Waals surface area contributed by atoms with Crippen LogP contribution < -0.4 is 10.1 Å². The van der Waals surface area contributed by atoms with Crippen molar-refractivity contribution in [2.45, 2.75) is 25.9 Å². The molecular formula is C22H28N6O2. The average Bonchev–Trinajstić information content (AvgIpc) is 3.16. The molecule has 4 rings (SSSR count). The lowest BCUT2D eigenvalue weighted by atomic mass is 10.1. The summed E-state index contributed by atoms with van der Waals surface area (Å²) in [6, 6.07) is 11.4. The Hall–Kier alpha value is -2.97. The van der Waals surface area contributed by atoms with Gasteiger partial charge in [-0.1, -0.05) is 6.07 Å². The number of hydrogen-bond acceptors (Lipinski definition) is 6. The van der Waals surface area contributed by atoms with Gasteiger partial charge < -0.3 is 15.0 Å². The standard InChI is InChI=1S/C22H28N6O2/c1-15(2)27-11-10-26(3)14-19(27)21-25-24-20-9-8-16(13-28(20)21)22(29)23-17-6-5-7-18(12-17)30-4/h5-9,12-13,15,19H,10-11,14H2,1-4H3,(H,23,29)/t19-/m1/s1. The summed E-state index contributed by atoms with van der Waals surface area (Å²) < 4.78 is 7.17. The Kier molecular flexibility index (Phi) is 5.69. The highest BCUT2D eigenvalue weighted by atomic mass is 16.5. The lowest BCUT2D eigenvalue weighted by Gasteiger charge is -2.41. The van der Waals surface area contributed by atoms with Crippen molar-refractivity contribution in [2.24, 2.45) is 0 Å². The number of pyridine rings is 1. The molecule has 8 heteroatoms. The zero-order chi connectivity index (χ0) is 21.3. The van der Waals surface area contributed by atoms with E-state index < -0.39 is 0 Å². The highest BCUT2D eigenvalue weighted by molar-refractivity contribution is 6.04. The summed E-state index contributed by atoms with van der Waals surface area (Å²) in [6.07, 6.45) is 1.83. The molecule has 2 aromatic heterocycles. The van der Waals surface area contributed by atoms with Crippen LogP contribution >= 0.6 is 0 Å². The number of carbonyl (C=O) groups excluding carboxylic acids is 1. The number of piperazine rings is 1. The molecule has 3 aromatic rings. The molecule has 0 radical (unpaired) electrons. The maximum absolute atomic E-state index is 12.9. The van der Waals surface area contributed by atoms with E-state index in [2.05, 4.69) is 46.2 Å². The Morgan fingerprint density at radius 3 is 2.80 bits per heavy atom. The maximum Gasteiger partial charge on any atom is 0.257 e. The number of amides is 1. The van der Waals surface area contributed by atoms with Gasteiger partial charge in [-0.3, -0.25) is 14.1 Å². The third-order valence-corrected chi connectivity index (χ3v) is 5.60. The fraction of sp³-hybridized carbons (Fsp3) is 0.409. The van der Waals surface area contributed by atoms with E-state index in [0.717, 1.165) is 31.1 Å². The summed E-state index contributed by atoms with van der Waals surface area (Å²) in [5.41, 5.74) is 1.97. The van der Waals surface area contributed by atoms with Gasteiger partial charge in [-0.05, 0) is 45.2 Å². The zero-order valence-corrected chi connectivity index (χ0v) is 17.9. The van der Waals surface area contributed by atoms with E-state index in [1.165, 1.54) is 0 Å². The second-order valence-electron chi connectivity index (χ2n) is 8.00. The van der Waals surface area contributed by atoms with Crippen molar-refractivity contribution in [3.8, 4) is 5.75 Å². The second kappa shape index (κ2) is 8.41. The fourth-order valence-electron chi connectivity index (χ4n) is 3.96. The van der Waals surface area contributed by atoms with Crippen LogP contribution in [0.5, 0.6) is 5.75 Å². The zero-order valence-electron chi connectivity index (χ0n) is 17.9. The molecule has 0 spiro atoms. The summed E-state index contributed by atoms with van der Waals surface area (Å²) in [5.74, 6) is 1.37. The number of likely N-dealkylation sites (N-methyl/N-ethyl adjacent to an activating group) is 1. The van der Waals surface area contributed by atoms with E-state index in [-0.39, 0.29) is 11.9 Å².